The number of rotatable bonds is 5. The highest BCUT2D eigenvalue weighted by Crippen LogP contribution is 2.27. The van der Waals surface area contributed by atoms with Crippen LogP contribution in [-0.4, -0.2) is 11.7 Å². The summed E-state index contributed by atoms with van der Waals surface area (Å²) in [5.74, 6) is 2.13. The van der Waals surface area contributed by atoms with Gasteiger partial charge in [0.2, 0.25) is 0 Å². The molecule has 27 heavy (non-hydrogen) atoms. The summed E-state index contributed by atoms with van der Waals surface area (Å²) in [6, 6.07) is 25.7. The first-order valence-corrected chi connectivity index (χ1v) is 9.45. The molecule has 1 heterocycles. The Morgan fingerprint density at radius 2 is 1.41 bits per heavy atom. The lowest BCUT2D eigenvalue weighted by Crippen LogP contribution is -2.30. The number of hydrogen-bond acceptors (Lipinski definition) is 1. The Hall–Kier alpha value is -3.07. The normalized spacial score (nSPS) is 11.1. The summed E-state index contributed by atoms with van der Waals surface area (Å²) >= 11 is 0. The van der Waals surface area contributed by atoms with E-state index in [1.165, 1.54) is 33.5 Å². The molecule has 4 aromatic rings. The second-order valence-electron chi connectivity index (χ2n) is 6.83. The monoisotopic (exact) mass is 357 g/mol. The van der Waals surface area contributed by atoms with Gasteiger partial charge in [0, 0.05) is 0 Å². The standard InChI is InChI=1S/C24H25N2O/c1-4-17-26-23-8-6-5-7-22(23)25(2)24(26)20-11-9-18(10-12-20)19-13-15-21(27-3)16-14-19/h5-16H,4,17H2,1-3H3/q+1. The molecule has 3 aromatic carbocycles. The average molecular weight is 357 g/mol. The van der Waals surface area contributed by atoms with Gasteiger partial charge in [0.25, 0.3) is 5.82 Å². The molecule has 1 aromatic heterocycles. The van der Waals surface area contributed by atoms with Crippen LogP contribution in [0.4, 0.5) is 0 Å². The minimum absolute atomic E-state index is 0.881. The van der Waals surface area contributed by atoms with E-state index in [9.17, 15) is 0 Å². The van der Waals surface area contributed by atoms with Gasteiger partial charge in [-0.1, -0.05) is 43.3 Å². The van der Waals surface area contributed by atoms with Crippen LogP contribution in [0.15, 0.2) is 72.8 Å². The van der Waals surface area contributed by atoms with Crippen molar-refractivity contribution in [2.45, 2.75) is 19.9 Å². The van der Waals surface area contributed by atoms with Crippen LogP contribution < -0.4 is 9.30 Å². The molecule has 0 bridgehead atoms. The molecule has 0 aliphatic rings. The zero-order valence-electron chi connectivity index (χ0n) is 16.1. The van der Waals surface area contributed by atoms with Gasteiger partial charge >= 0.3 is 0 Å². The number of para-hydroxylation sites is 2. The molecule has 0 aliphatic carbocycles. The highest BCUT2D eigenvalue weighted by molar-refractivity contribution is 5.76. The number of methoxy groups -OCH3 is 1. The summed E-state index contributed by atoms with van der Waals surface area (Å²) < 4.78 is 9.98. The summed E-state index contributed by atoms with van der Waals surface area (Å²) in [7, 11) is 3.85. The topological polar surface area (TPSA) is 18.0 Å². The number of aryl methyl sites for hydroxylation is 2. The fraction of sp³-hybridized carbons (Fsp3) is 0.208. The van der Waals surface area contributed by atoms with E-state index in [0.717, 1.165) is 18.7 Å². The molecule has 0 spiro atoms. The fourth-order valence-corrected chi connectivity index (χ4v) is 3.78. The van der Waals surface area contributed by atoms with Gasteiger partial charge in [-0.3, -0.25) is 0 Å². The molecule has 0 saturated carbocycles. The Morgan fingerprint density at radius 1 is 0.815 bits per heavy atom. The van der Waals surface area contributed by atoms with E-state index >= 15 is 0 Å². The zero-order valence-corrected chi connectivity index (χ0v) is 16.1. The van der Waals surface area contributed by atoms with Crippen LogP contribution in [0.5, 0.6) is 5.75 Å². The largest absolute Gasteiger partial charge is 0.497 e. The van der Waals surface area contributed by atoms with E-state index in [-0.39, 0.29) is 0 Å². The smallest absolute Gasteiger partial charge is 0.289 e. The lowest BCUT2D eigenvalue weighted by Gasteiger charge is -2.06. The van der Waals surface area contributed by atoms with Crippen molar-refractivity contribution in [3.8, 4) is 28.3 Å². The highest BCUT2D eigenvalue weighted by atomic mass is 16.5. The molecule has 0 atom stereocenters. The van der Waals surface area contributed by atoms with E-state index < -0.39 is 0 Å². The Balaban J connectivity index is 1.77. The maximum absolute atomic E-state index is 5.25. The van der Waals surface area contributed by atoms with E-state index in [1.807, 2.05) is 12.1 Å². The molecule has 0 radical (unpaired) electrons. The third kappa shape index (κ3) is 3.10. The molecule has 0 N–H and O–H groups in total. The Morgan fingerprint density at radius 3 is 2.04 bits per heavy atom. The number of ether oxygens (including phenoxy) is 1. The Labute approximate surface area is 160 Å². The van der Waals surface area contributed by atoms with Crippen LogP contribution in [0.2, 0.25) is 0 Å². The van der Waals surface area contributed by atoms with Crippen molar-refractivity contribution >= 4 is 11.0 Å². The van der Waals surface area contributed by atoms with Gasteiger partial charge < -0.3 is 4.74 Å². The van der Waals surface area contributed by atoms with Gasteiger partial charge in [0.1, 0.15) is 5.75 Å². The van der Waals surface area contributed by atoms with Crippen molar-refractivity contribution in [3.05, 3.63) is 72.8 Å². The van der Waals surface area contributed by atoms with Crippen molar-refractivity contribution in [1.82, 2.24) is 4.57 Å². The molecule has 4 rings (SSSR count). The maximum Gasteiger partial charge on any atom is 0.289 e. The number of benzene rings is 3. The molecular weight excluding hydrogens is 332 g/mol. The second kappa shape index (κ2) is 7.28. The zero-order chi connectivity index (χ0) is 18.8. The number of nitrogens with zero attached hydrogens (tertiary/aromatic N) is 2. The van der Waals surface area contributed by atoms with Gasteiger partial charge in [-0.05, 0) is 53.9 Å². The quantitative estimate of drug-likeness (QED) is 0.448. The summed E-state index contributed by atoms with van der Waals surface area (Å²) in [5.41, 5.74) is 6.19. The first-order chi connectivity index (χ1) is 13.2. The fourth-order valence-electron chi connectivity index (χ4n) is 3.78. The minimum atomic E-state index is 0.881. The molecule has 136 valence electrons. The lowest BCUT2D eigenvalue weighted by molar-refractivity contribution is -0.634. The van der Waals surface area contributed by atoms with Crippen LogP contribution in [0, 0.1) is 0 Å². The molecule has 3 nitrogen and oxygen atoms in total. The summed E-state index contributed by atoms with van der Waals surface area (Å²) in [6.07, 6.45) is 1.11. The van der Waals surface area contributed by atoms with Crippen LogP contribution >= 0.6 is 0 Å². The van der Waals surface area contributed by atoms with Gasteiger partial charge in [-0.15, -0.1) is 0 Å². The first-order valence-electron chi connectivity index (χ1n) is 9.45. The van der Waals surface area contributed by atoms with E-state index in [0.29, 0.717) is 0 Å². The van der Waals surface area contributed by atoms with Gasteiger partial charge in [-0.25, -0.2) is 9.13 Å². The third-order valence-electron chi connectivity index (χ3n) is 5.12. The first kappa shape index (κ1) is 17.3. The summed E-state index contributed by atoms with van der Waals surface area (Å²) in [6.45, 7) is 3.24. The van der Waals surface area contributed by atoms with E-state index in [2.05, 4.69) is 83.8 Å². The molecule has 0 fully saturated rings. The maximum atomic E-state index is 5.25. The highest BCUT2D eigenvalue weighted by Gasteiger charge is 2.23. The third-order valence-corrected chi connectivity index (χ3v) is 5.12. The van der Waals surface area contributed by atoms with E-state index in [4.69, 9.17) is 4.74 Å². The number of fused-ring (bicyclic) bond motifs is 1. The molecule has 0 aliphatic heterocycles. The molecule has 0 unspecified atom stereocenters. The average Bonchev–Trinajstić information content (AvgIpc) is 3.01. The van der Waals surface area contributed by atoms with Crippen LogP contribution in [0.1, 0.15) is 13.3 Å². The van der Waals surface area contributed by atoms with Crippen LogP contribution in [0.25, 0.3) is 33.5 Å². The van der Waals surface area contributed by atoms with Crippen molar-refractivity contribution < 1.29 is 9.30 Å². The molecular formula is C24H25N2O+. The van der Waals surface area contributed by atoms with Crippen molar-refractivity contribution in [2.75, 3.05) is 7.11 Å². The van der Waals surface area contributed by atoms with E-state index in [1.54, 1.807) is 7.11 Å². The molecule has 0 saturated heterocycles. The number of hydrogen-bond donors (Lipinski definition) is 0. The predicted octanol–water partition coefficient (Wildman–Crippen LogP) is 5.22. The predicted molar refractivity (Wildman–Crippen MR) is 111 cm³/mol. The number of aromatic nitrogens is 2. The van der Waals surface area contributed by atoms with Crippen molar-refractivity contribution in [3.63, 3.8) is 0 Å². The molecule has 3 heteroatoms. The van der Waals surface area contributed by atoms with Crippen molar-refractivity contribution in [2.24, 2.45) is 7.05 Å². The molecule has 0 amide bonds. The second-order valence-corrected chi connectivity index (χ2v) is 6.83. The van der Waals surface area contributed by atoms with Gasteiger partial charge in [0.05, 0.1) is 26.3 Å². The number of imidazole rings is 1. The van der Waals surface area contributed by atoms with Gasteiger partial charge in [0.15, 0.2) is 11.0 Å². The minimum Gasteiger partial charge on any atom is -0.497 e. The SMILES string of the molecule is CCCn1c(-c2ccc(-c3ccc(OC)cc3)cc2)[n+](C)c2ccccc21. The Kier molecular flexibility index (Phi) is 4.68. The summed E-state index contributed by atoms with van der Waals surface area (Å²) in [5, 5.41) is 0. The van der Waals surface area contributed by atoms with Crippen molar-refractivity contribution in [1.29, 1.82) is 0 Å². The summed E-state index contributed by atoms with van der Waals surface area (Å²) in [4.78, 5) is 0. The lowest BCUT2D eigenvalue weighted by atomic mass is 10.0. The Bertz CT molecular complexity index is 1060. The van der Waals surface area contributed by atoms with Crippen LogP contribution in [0.3, 0.4) is 0 Å². The van der Waals surface area contributed by atoms with Gasteiger partial charge in [-0.2, -0.15) is 0 Å². The van der Waals surface area contributed by atoms with Crippen LogP contribution in [-0.2, 0) is 13.6 Å².